The van der Waals surface area contributed by atoms with Gasteiger partial charge in [0.25, 0.3) is 0 Å². The van der Waals surface area contributed by atoms with Gasteiger partial charge in [0.15, 0.2) is 0 Å². The van der Waals surface area contributed by atoms with Gasteiger partial charge < -0.3 is 9.47 Å². The second kappa shape index (κ2) is 6.96. The minimum absolute atomic E-state index is 0.341. The largest absolute Gasteiger partial charge is 0.374 e. The lowest BCUT2D eigenvalue weighted by Crippen LogP contribution is -2.69. The Kier molecular flexibility index (Phi) is 5.11. The molecular formula is C20H28O2Si2. The van der Waals surface area contributed by atoms with Crippen molar-refractivity contribution >= 4 is 25.6 Å². The van der Waals surface area contributed by atoms with Gasteiger partial charge in [-0.3, -0.25) is 0 Å². The molecule has 0 saturated carbocycles. The lowest BCUT2D eigenvalue weighted by Gasteiger charge is -2.39. The zero-order valence-corrected chi connectivity index (χ0v) is 17.2. The Labute approximate surface area is 147 Å². The van der Waals surface area contributed by atoms with Crippen LogP contribution in [0.5, 0.6) is 0 Å². The Bertz CT molecular complexity index is 662. The van der Waals surface area contributed by atoms with E-state index < -0.39 is 15.2 Å². The molecule has 2 aromatic carbocycles. The van der Waals surface area contributed by atoms with Gasteiger partial charge in [-0.25, -0.2) is 0 Å². The first-order valence-electron chi connectivity index (χ1n) is 8.75. The fourth-order valence-electron chi connectivity index (χ4n) is 3.07. The molecule has 1 fully saturated rings. The van der Waals surface area contributed by atoms with E-state index in [0.717, 1.165) is 13.2 Å². The first-order valence-corrected chi connectivity index (χ1v) is 15.8. The highest BCUT2D eigenvalue weighted by molar-refractivity contribution is 7.49. The molecule has 2 aromatic rings. The van der Waals surface area contributed by atoms with Gasteiger partial charge in [-0.15, -0.1) is 0 Å². The highest BCUT2D eigenvalue weighted by Gasteiger charge is 2.43. The quantitative estimate of drug-likeness (QED) is 0.561. The monoisotopic (exact) mass is 356 g/mol. The summed E-state index contributed by atoms with van der Waals surface area (Å²) in [5, 5.41) is 3.12. The maximum atomic E-state index is 5.70. The Morgan fingerprint density at radius 1 is 0.875 bits per heavy atom. The van der Waals surface area contributed by atoms with Crippen LogP contribution >= 0.6 is 0 Å². The smallest absolute Gasteiger partial charge is 0.104 e. The van der Waals surface area contributed by atoms with Crippen LogP contribution in [0.3, 0.4) is 0 Å². The Morgan fingerprint density at radius 3 is 1.96 bits per heavy atom. The molecule has 2 nitrogen and oxygen atoms in total. The number of hydrogen-bond acceptors (Lipinski definition) is 2. The van der Waals surface area contributed by atoms with Crippen LogP contribution in [0.2, 0.25) is 26.2 Å². The van der Waals surface area contributed by atoms with Crippen molar-refractivity contribution in [2.45, 2.75) is 38.9 Å². The van der Waals surface area contributed by atoms with Gasteiger partial charge in [-0.05, 0) is 5.56 Å². The molecular weight excluding hydrogens is 328 g/mol. The molecule has 1 atom stereocenters. The van der Waals surface area contributed by atoms with Gasteiger partial charge in [0, 0.05) is 0 Å². The van der Waals surface area contributed by atoms with Crippen molar-refractivity contribution < 1.29 is 9.47 Å². The van der Waals surface area contributed by atoms with E-state index in [1.807, 2.05) is 0 Å². The number of ether oxygens (including phenoxy) is 2. The van der Waals surface area contributed by atoms with Crippen molar-refractivity contribution in [3.8, 4) is 0 Å². The fourth-order valence-corrected chi connectivity index (χ4v) is 11.9. The van der Waals surface area contributed by atoms with E-state index in [1.165, 1.54) is 5.56 Å². The topological polar surface area (TPSA) is 21.8 Å². The minimum atomic E-state index is -1.53. The summed E-state index contributed by atoms with van der Waals surface area (Å²) in [5.74, 6) is 0. The summed E-state index contributed by atoms with van der Waals surface area (Å²) in [4.78, 5) is 0. The molecule has 0 bridgehead atoms. The maximum Gasteiger partial charge on any atom is 0.104 e. The molecule has 0 aromatic heterocycles. The fraction of sp³-hybridized carbons (Fsp3) is 0.400. The van der Waals surface area contributed by atoms with E-state index in [9.17, 15) is 0 Å². The molecule has 1 unspecified atom stereocenters. The molecule has 0 amide bonds. The number of hydrogen-bond donors (Lipinski definition) is 0. The van der Waals surface area contributed by atoms with Crippen molar-refractivity contribution in [3.05, 3.63) is 60.2 Å². The maximum absolute atomic E-state index is 5.70. The van der Waals surface area contributed by atoms with Gasteiger partial charge in [0.1, 0.15) is 6.10 Å². The van der Waals surface area contributed by atoms with Crippen LogP contribution < -0.4 is 10.4 Å². The van der Waals surface area contributed by atoms with Crippen LogP contribution in [-0.2, 0) is 16.1 Å². The second-order valence-electron chi connectivity index (χ2n) is 7.78. The molecule has 1 aliphatic heterocycles. The van der Waals surface area contributed by atoms with Crippen molar-refractivity contribution in [2.24, 2.45) is 0 Å². The van der Waals surface area contributed by atoms with Gasteiger partial charge in [0.2, 0.25) is 0 Å². The summed E-state index contributed by atoms with van der Waals surface area (Å²) >= 11 is 0. The standard InChI is InChI=1S/C20H28O2Si2/c1-23(2,19-8-6-5-7-9-19)24(3,4)20-12-10-17(11-13-20)14-21-15-18-16-22-18/h5-13,18H,14-16H2,1-4H3. The number of benzene rings is 2. The molecule has 24 heavy (non-hydrogen) atoms. The molecule has 1 aliphatic rings. The van der Waals surface area contributed by atoms with Crippen LogP contribution in [-0.4, -0.2) is 34.5 Å². The Hall–Kier alpha value is -1.21. The third-order valence-electron chi connectivity index (χ3n) is 5.71. The summed E-state index contributed by atoms with van der Waals surface area (Å²) in [6.45, 7) is 12.4. The van der Waals surface area contributed by atoms with E-state index in [-0.39, 0.29) is 0 Å². The third kappa shape index (κ3) is 3.72. The summed E-state index contributed by atoms with van der Waals surface area (Å²) < 4.78 is 10.9. The van der Waals surface area contributed by atoms with E-state index in [2.05, 4.69) is 80.8 Å². The molecule has 1 heterocycles. The summed E-state index contributed by atoms with van der Waals surface area (Å²) in [7, 11) is -3.04. The van der Waals surface area contributed by atoms with Crippen molar-refractivity contribution in [3.63, 3.8) is 0 Å². The highest BCUT2D eigenvalue weighted by atomic mass is 29.3. The Morgan fingerprint density at radius 2 is 1.42 bits per heavy atom. The molecule has 3 rings (SSSR count). The average molecular weight is 357 g/mol. The predicted octanol–water partition coefficient (Wildman–Crippen LogP) is 3.21. The average Bonchev–Trinajstić information content (AvgIpc) is 3.40. The minimum Gasteiger partial charge on any atom is -0.374 e. The molecule has 0 aliphatic carbocycles. The van der Waals surface area contributed by atoms with Gasteiger partial charge in [0.05, 0.1) is 35.0 Å². The van der Waals surface area contributed by atoms with Gasteiger partial charge in [-0.1, -0.05) is 91.2 Å². The molecule has 0 radical (unpaired) electrons. The number of rotatable bonds is 7. The van der Waals surface area contributed by atoms with Crippen LogP contribution in [0.1, 0.15) is 5.56 Å². The van der Waals surface area contributed by atoms with Crippen LogP contribution in [0, 0.1) is 0 Å². The van der Waals surface area contributed by atoms with Crippen molar-refractivity contribution in [1.29, 1.82) is 0 Å². The van der Waals surface area contributed by atoms with Crippen LogP contribution in [0.15, 0.2) is 54.6 Å². The number of epoxide rings is 1. The zero-order valence-electron chi connectivity index (χ0n) is 15.2. The molecule has 0 N–H and O–H groups in total. The zero-order chi connectivity index (χ0) is 17.2. The van der Waals surface area contributed by atoms with E-state index in [4.69, 9.17) is 9.47 Å². The predicted molar refractivity (Wildman–Crippen MR) is 107 cm³/mol. The molecule has 128 valence electrons. The van der Waals surface area contributed by atoms with Crippen LogP contribution in [0.25, 0.3) is 0 Å². The van der Waals surface area contributed by atoms with E-state index in [0.29, 0.717) is 12.7 Å². The third-order valence-corrected chi connectivity index (χ3v) is 23.5. The van der Waals surface area contributed by atoms with E-state index in [1.54, 1.807) is 10.4 Å². The van der Waals surface area contributed by atoms with Crippen molar-refractivity contribution in [1.82, 2.24) is 0 Å². The lowest BCUT2D eigenvalue weighted by atomic mass is 10.2. The summed E-state index contributed by atoms with van der Waals surface area (Å²) in [6.07, 6.45) is 0.341. The molecule has 0 spiro atoms. The van der Waals surface area contributed by atoms with Gasteiger partial charge in [-0.2, -0.15) is 0 Å². The summed E-state index contributed by atoms with van der Waals surface area (Å²) in [6, 6.07) is 20.3. The normalized spacial score (nSPS) is 17.8. The summed E-state index contributed by atoms with van der Waals surface area (Å²) in [5.41, 5.74) is 1.25. The first kappa shape index (κ1) is 17.6. The van der Waals surface area contributed by atoms with Gasteiger partial charge >= 0.3 is 0 Å². The second-order valence-corrected chi connectivity index (χ2v) is 22.9. The Balaban J connectivity index is 1.73. The van der Waals surface area contributed by atoms with Crippen LogP contribution in [0.4, 0.5) is 0 Å². The SMILES string of the molecule is C[Si](C)(c1ccccc1)[Si](C)(C)c1ccc(COCC2CO2)cc1. The highest BCUT2D eigenvalue weighted by Crippen LogP contribution is 2.20. The molecule has 1 saturated heterocycles. The van der Waals surface area contributed by atoms with Crippen molar-refractivity contribution in [2.75, 3.05) is 13.2 Å². The molecule has 4 heteroatoms. The lowest BCUT2D eigenvalue weighted by molar-refractivity contribution is 0.104. The first-order chi connectivity index (χ1) is 11.4. The van der Waals surface area contributed by atoms with E-state index >= 15 is 0 Å².